The molecule has 2 heterocycles. The molecule has 3 heteroatoms. The van der Waals surface area contributed by atoms with E-state index in [4.69, 9.17) is 5.11 Å². The van der Waals surface area contributed by atoms with Gasteiger partial charge in [0.2, 0.25) is 5.91 Å². The van der Waals surface area contributed by atoms with Crippen molar-refractivity contribution in [2.45, 2.75) is 25.3 Å². The summed E-state index contributed by atoms with van der Waals surface area (Å²) in [6.45, 7) is 1.11. The van der Waals surface area contributed by atoms with Gasteiger partial charge in [-0.25, -0.2) is 0 Å². The molecule has 0 bridgehead atoms. The molecule has 0 spiro atoms. The fourth-order valence-electron chi connectivity index (χ4n) is 2.25. The van der Waals surface area contributed by atoms with E-state index in [2.05, 4.69) is 0 Å². The van der Waals surface area contributed by atoms with Gasteiger partial charge in [-0.1, -0.05) is 0 Å². The highest BCUT2D eigenvalue weighted by atomic mass is 16.3. The molecule has 2 aliphatic heterocycles. The first-order chi connectivity index (χ1) is 5.33. The van der Waals surface area contributed by atoms with Gasteiger partial charge in [-0.15, -0.1) is 0 Å². The molecule has 0 unspecified atom stereocenters. The van der Waals surface area contributed by atoms with Gasteiger partial charge in [0.25, 0.3) is 0 Å². The van der Waals surface area contributed by atoms with Crippen LogP contribution in [0.2, 0.25) is 0 Å². The largest absolute Gasteiger partial charge is 0.396 e. The smallest absolute Gasteiger partial charge is 0.222 e. The number of aliphatic hydroxyl groups is 1. The lowest BCUT2D eigenvalue weighted by atomic mass is 10.00. The van der Waals surface area contributed by atoms with Crippen LogP contribution in [0.15, 0.2) is 0 Å². The number of hydrogen-bond acceptors (Lipinski definition) is 2. The maximum atomic E-state index is 11.2. The maximum Gasteiger partial charge on any atom is 0.222 e. The monoisotopic (exact) mass is 155 g/mol. The van der Waals surface area contributed by atoms with Gasteiger partial charge in [0.15, 0.2) is 0 Å². The van der Waals surface area contributed by atoms with E-state index in [1.165, 1.54) is 0 Å². The molecule has 0 saturated carbocycles. The number of nitrogens with zero attached hydrogens (tertiary/aromatic N) is 1. The van der Waals surface area contributed by atoms with E-state index >= 15 is 0 Å². The molecule has 0 radical (unpaired) electrons. The molecular weight excluding hydrogens is 142 g/mol. The number of carbonyl (C=O) groups is 1. The van der Waals surface area contributed by atoms with Gasteiger partial charge in [-0.2, -0.15) is 0 Å². The number of fused-ring (bicyclic) bond motifs is 1. The van der Waals surface area contributed by atoms with Crippen LogP contribution in [0.25, 0.3) is 0 Å². The minimum absolute atomic E-state index is 0.244. The summed E-state index contributed by atoms with van der Waals surface area (Å²) in [7, 11) is 0. The Balaban J connectivity index is 2.10. The van der Waals surface area contributed by atoms with Crippen LogP contribution in [-0.2, 0) is 4.79 Å². The summed E-state index contributed by atoms with van der Waals surface area (Å²) in [6, 6.07) is 0.368. The lowest BCUT2D eigenvalue weighted by molar-refractivity contribution is -0.128. The second kappa shape index (κ2) is 2.48. The summed E-state index contributed by atoms with van der Waals surface area (Å²) in [5, 5.41) is 8.96. The van der Waals surface area contributed by atoms with Gasteiger partial charge in [0.1, 0.15) is 0 Å². The van der Waals surface area contributed by atoms with Crippen LogP contribution in [0.1, 0.15) is 19.3 Å². The number of hydrogen-bond donors (Lipinski definition) is 1. The van der Waals surface area contributed by atoms with Crippen molar-refractivity contribution in [3.05, 3.63) is 0 Å². The zero-order valence-corrected chi connectivity index (χ0v) is 6.49. The first-order valence-electron chi connectivity index (χ1n) is 4.23. The highest BCUT2D eigenvalue weighted by Crippen LogP contribution is 2.32. The van der Waals surface area contributed by atoms with Gasteiger partial charge < -0.3 is 10.0 Å². The standard InChI is InChI=1S/C8H13NO2/c10-5-6-3-4-9-7(6)1-2-8(9)11/h6-7,10H,1-5H2/t6-,7-/m1/s1. The lowest BCUT2D eigenvalue weighted by Gasteiger charge is -2.18. The predicted octanol–water partition coefficient (Wildman–Crippen LogP) is -0.0104. The normalized spacial score (nSPS) is 36.5. The molecule has 2 fully saturated rings. The molecule has 0 aromatic carbocycles. The second-order valence-electron chi connectivity index (χ2n) is 3.42. The molecule has 0 aromatic rings. The van der Waals surface area contributed by atoms with E-state index < -0.39 is 0 Å². The number of aliphatic hydroxyl groups excluding tert-OH is 1. The molecule has 2 saturated heterocycles. The molecule has 2 aliphatic rings. The van der Waals surface area contributed by atoms with Crippen molar-refractivity contribution < 1.29 is 9.90 Å². The molecule has 11 heavy (non-hydrogen) atoms. The second-order valence-corrected chi connectivity index (χ2v) is 3.42. The Labute approximate surface area is 66.0 Å². The molecule has 62 valence electrons. The zero-order chi connectivity index (χ0) is 7.84. The van der Waals surface area contributed by atoms with Crippen LogP contribution in [0.3, 0.4) is 0 Å². The van der Waals surface area contributed by atoms with E-state index in [0.717, 1.165) is 19.4 Å². The van der Waals surface area contributed by atoms with E-state index in [0.29, 0.717) is 18.4 Å². The highest BCUT2D eigenvalue weighted by molar-refractivity contribution is 5.79. The third-order valence-electron chi connectivity index (χ3n) is 2.89. The van der Waals surface area contributed by atoms with Crippen molar-refractivity contribution in [1.82, 2.24) is 4.90 Å². The number of carbonyl (C=O) groups excluding carboxylic acids is 1. The molecule has 0 aliphatic carbocycles. The minimum Gasteiger partial charge on any atom is -0.396 e. The maximum absolute atomic E-state index is 11.2. The van der Waals surface area contributed by atoms with Crippen molar-refractivity contribution in [1.29, 1.82) is 0 Å². The summed E-state index contributed by atoms with van der Waals surface area (Å²) in [5.74, 6) is 0.646. The quantitative estimate of drug-likeness (QED) is 0.578. The van der Waals surface area contributed by atoms with E-state index in [9.17, 15) is 4.79 Å². The molecule has 0 aromatic heterocycles. The fraction of sp³-hybridized carbons (Fsp3) is 0.875. The van der Waals surface area contributed by atoms with E-state index in [1.54, 1.807) is 0 Å². The third-order valence-corrected chi connectivity index (χ3v) is 2.89. The summed E-state index contributed by atoms with van der Waals surface area (Å²) >= 11 is 0. The van der Waals surface area contributed by atoms with Gasteiger partial charge in [0.05, 0.1) is 0 Å². The van der Waals surface area contributed by atoms with Crippen LogP contribution in [0.4, 0.5) is 0 Å². The van der Waals surface area contributed by atoms with Gasteiger partial charge in [0, 0.05) is 31.5 Å². The van der Waals surface area contributed by atoms with Crippen LogP contribution in [0.5, 0.6) is 0 Å². The Hall–Kier alpha value is -0.570. The Kier molecular flexibility index (Phi) is 1.60. The Morgan fingerprint density at radius 1 is 1.55 bits per heavy atom. The van der Waals surface area contributed by atoms with Crippen LogP contribution < -0.4 is 0 Å². The number of rotatable bonds is 1. The fourth-order valence-corrected chi connectivity index (χ4v) is 2.25. The summed E-state index contributed by atoms with van der Waals surface area (Å²) in [6.07, 6.45) is 2.65. The summed E-state index contributed by atoms with van der Waals surface area (Å²) in [4.78, 5) is 13.1. The Morgan fingerprint density at radius 2 is 2.36 bits per heavy atom. The summed E-state index contributed by atoms with van der Waals surface area (Å²) in [5.41, 5.74) is 0. The summed E-state index contributed by atoms with van der Waals surface area (Å²) < 4.78 is 0. The Bertz CT molecular complexity index is 181. The minimum atomic E-state index is 0.244. The van der Waals surface area contributed by atoms with Crippen molar-refractivity contribution in [3.63, 3.8) is 0 Å². The van der Waals surface area contributed by atoms with Crippen molar-refractivity contribution >= 4 is 5.91 Å². The highest BCUT2D eigenvalue weighted by Gasteiger charge is 2.40. The van der Waals surface area contributed by atoms with Gasteiger partial charge in [-0.05, 0) is 12.8 Å². The molecule has 2 atom stereocenters. The van der Waals surface area contributed by atoms with Crippen LogP contribution in [0, 0.1) is 5.92 Å². The number of amides is 1. The van der Waals surface area contributed by atoms with Gasteiger partial charge >= 0.3 is 0 Å². The lowest BCUT2D eigenvalue weighted by Crippen LogP contribution is -2.30. The first kappa shape index (κ1) is 7.10. The average Bonchev–Trinajstić information content (AvgIpc) is 2.53. The molecule has 3 nitrogen and oxygen atoms in total. The molecule has 1 amide bonds. The van der Waals surface area contributed by atoms with Crippen LogP contribution in [-0.4, -0.2) is 35.1 Å². The first-order valence-corrected chi connectivity index (χ1v) is 4.23. The van der Waals surface area contributed by atoms with E-state index in [-0.39, 0.29) is 12.5 Å². The van der Waals surface area contributed by atoms with Crippen molar-refractivity contribution in [2.24, 2.45) is 5.92 Å². The van der Waals surface area contributed by atoms with Crippen LogP contribution >= 0.6 is 0 Å². The third kappa shape index (κ3) is 0.948. The van der Waals surface area contributed by atoms with E-state index in [1.807, 2.05) is 4.90 Å². The van der Waals surface area contributed by atoms with Gasteiger partial charge in [-0.3, -0.25) is 4.79 Å². The average molecular weight is 155 g/mol. The Morgan fingerprint density at radius 3 is 3.09 bits per heavy atom. The molecule has 2 rings (SSSR count). The molecular formula is C8H13NO2. The SMILES string of the molecule is O=C1CC[C@@H]2[C@@H](CO)CCN12. The van der Waals surface area contributed by atoms with Crippen molar-refractivity contribution in [2.75, 3.05) is 13.2 Å². The molecule has 1 N–H and O–H groups in total. The predicted molar refractivity (Wildman–Crippen MR) is 39.9 cm³/mol. The topological polar surface area (TPSA) is 40.5 Å². The zero-order valence-electron chi connectivity index (χ0n) is 6.49. The van der Waals surface area contributed by atoms with Crippen molar-refractivity contribution in [3.8, 4) is 0 Å².